The van der Waals surface area contributed by atoms with Crippen molar-refractivity contribution in [1.29, 1.82) is 0 Å². The molecule has 2 aromatic rings. The van der Waals surface area contributed by atoms with Crippen LogP contribution in [-0.4, -0.2) is 29.7 Å². The summed E-state index contributed by atoms with van der Waals surface area (Å²) in [7, 11) is -6.11. The van der Waals surface area contributed by atoms with E-state index >= 15 is 0 Å². The molecule has 0 unspecified atom stereocenters. The van der Waals surface area contributed by atoms with Crippen molar-refractivity contribution >= 4 is 23.7 Å². The molecular weight excluding hydrogens is 452 g/mol. The van der Waals surface area contributed by atoms with Crippen molar-refractivity contribution in [3.05, 3.63) is 60.7 Å². The van der Waals surface area contributed by atoms with Gasteiger partial charge in [0, 0.05) is 10.6 Å². The first-order valence-corrected chi connectivity index (χ1v) is 9.54. The van der Waals surface area contributed by atoms with Crippen LogP contribution >= 0.6 is 7.14 Å². The van der Waals surface area contributed by atoms with E-state index in [9.17, 15) is 48.9 Å². The maximum absolute atomic E-state index is 14.0. The zero-order chi connectivity index (χ0) is 23.0. The van der Waals surface area contributed by atoms with Crippen molar-refractivity contribution in [3.8, 4) is 0 Å². The number of carbonyl (C=O) groups is 1. The average Bonchev–Trinajstić information content (AvgIpc) is 2.64. The van der Waals surface area contributed by atoms with E-state index < -0.39 is 47.5 Å². The van der Waals surface area contributed by atoms with Crippen LogP contribution in [0.3, 0.4) is 0 Å². The summed E-state index contributed by atoms with van der Waals surface area (Å²) in [6.07, 6.45) is -19.4. The van der Waals surface area contributed by atoms with E-state index in [1.165, 1.54) is 12.1 Å². The van der Waals surface area contributed by atoms with Crippen molar-refractivity contribution in [2.24, 2.45) is 0 Å². The Morgan fingerprint density at radius 2 is 1.00 bits per heavy atom. The van der Waals surface area contributed by atoms with Gasteiger partial charge in [0.1, 0.15) is 0 Å². The van der Waals surface area contributed by atoms with Gasteiger partial charge in [-0.05, 0) is 0 Å². The molecule has 0 aliphatic rings. The second-order valence-electron chi connectivity index (χ2n) is 5.94. The minimum atomic E-state index is -6.63. The lowest BCUT2D eigenvalue weighted by Gasteiger charge is -2.43. The normalized spacial score (nSPS) is 13.8. The minimum Gasteiger partial charge on any atom is -0.320 e. The maximum Gasteiger partial charge on any atom is 0.471 e. The van der Waals surface area contributed by atoms with Crippen LogP contribution in [0.1, 0.15) is 0 Å². The van der Waals surface area contributed by atoms with E-state index in [-0.39, 0.29) is 5.32 Å². The zero-order valence-electron chi connectivity index (χ0n) is 14.4. The summed E-state index contributed by atoms with van der Waals surface area (Å²) in [5.41, 5.74) is 0. The number of nitrogens with one attached hydrogen (secondary N) is 1. The van der Waals surface area contributed by atoms with Crippen LogP contribution in [0, 0.1) is 0 Å². The minimum absolute atomic E-state index is 0.0109. The van der Waals surface area contributed by atoms with Crippen LogP contribution in [0.15, 0.2) is 60.7 Å². The summed E-state index contributed by atoms with van der Waals surface area (Å²) in [6, 6.07) is 8.86. The van der Waals surface area contributed by atoms with Gasteiger partial charge in [-0.25, -0.2) is 0 Å². The van der Waals surface area contributed by atoms with Gasteiger partial charge in [0.05, 0.1) is 0 Å². The molecule has 30 heavy (non-hydrogen) atoms. The van der Waals surface area contributed by atoms with Crippen molar-refractivity contribution in [2.75, 3.05) is 0 Å². The van der Waals surface area contributed by atoms with Crippen molar-refractivity contribution in [3.63, 3.8) is 0 Å². The van der Waals surface area contributed by atoms with Gasteiger partial charge in [-0.3, -0.25) is 4.79 Å². The topological polar surface area (TPSA) is 46.2 Å². The van der Waals surface area contributed by atoms with Gasteiger partial charge in [-0.2, -0.15) is 39.5 Å². The van der Waals surface area contributed by atoms with E-state index in [0.29, 0.717) is 24.3 Å². The molecule has 1 N–H and O–H groups in total. The number of alkyl halides is 9. The molecule has 13 heteroatoms. The van der Waals surface area contributed by atoms with E-state index in [2.05, 4.69) is 0 Å². The third kappa shape index (κ3) is 3.80. The Morgan fingerprint density at radius 1 is 0.667 bits per heavy atom. The fourth-order valence-corrected chi connectivity index (χ4v) is 6.02. The largest absolute Gasteiger partial charge is 0.471 e. The molecular formula is C17H11F9NO2P. The summed E-state index contributed by atoms with van der Waals surface area (Å²) in [5.74, 6) is -3.54. The van der Waals surface area contributed by atoms with Gasteiger partial charge in [0.25, 0.3) is 5.28 Å². The van der Waals surface area contributed by atoms with E-state index in [4.69, 9.17) is 0 Å². The molecule has 1 amide bonds. The first-order chi connectivity index (χ1) is 13.6. The van der Waals surface area contributed by atoms with Gasteiger partial charge in [-0.1, -0.05) is 60.7 Å². The summed E-state index contributed by atoms with van der Waals surface area (Å²) in [5, 5.41) is -7.83. The second kappa shape index (κ2) is 7.64. The molecule has 3 nitrogen and oxygen atoms in total. The van der Waals surface area contributed by atoms with Crippen molar-refractivity contribution in [1.82, 2.24) is 5.32 Å². The molecule has 0 bridgehead atoms. The Labute approximate surface area is 163 Å². The molecule has 0 aliphatic carbocycles. The molecule has 0 atom stereocenters. The van der Waals surface area contributed by atoms with Gasteiger partial charge in [0.15, 0.2) is 7.14 Å². The summed E-state index contributed by atoms with van der Waals surface area (Å²) in [6.45, 7) is 0. The van der Waals surface area contributed by atoms with E-state index in [1.807, 2.05) is 0 Å². The molecule has 0 saturated carbocycles. The zero-order valence-corrected chi connectivity index (χ0v) is 15.3. The van der Waals surface area contributed by atoms with Crippen LogP contribution in [0.4, 0.5) is 39.5 Å². The fourth-order valence-electron chi connectivity index (χ4n) is 2.79. The Morgan fingerprint density at radius 3 is 1.27 bits per heavy atom. The highest BCUT2D eigenvalue weighted by molar-refractivity contribution is 7.80. The number of rotatable bonds is 4. The molecule has 0 spiro atoms. The fraction of sp³-hybridized carbons (Fsp3) is 0.235. The highest BCUT2D eigenvalue weighted by Gasteiger charge is 2.81. The number of carbonyl (C=O) groups excluding carboxylic acids is 1. The van der Waals surface area contributed by atoms with Crippen LogP contribution in [0.2, 0.25) is 0 Å². The third-order valence-electron chi connectivity index (χ3n) is 4.08. The lowest BCUT2D eigenvalue weighted by atomic mass is 10.2. The predicted molar refractivity (Wildman–Crippen MR) is 88.8 cm³/mol. The number of benzene rings is 2. The molecule has 164 valence electrons. The summed E-state index contributed by atoms with van der Waals surface area (Å²) < 4.78 is 136. The maximum atomic E-state index is 14.0. The summed E-state index contributed by atoms with van der Waals surface area (Å²) >= 11 is 0. The average molecular weight is 463 g/mol. The van der Waals surface area contributed by atoms with Gasteiger partial charge in [0.2, 0.25) is 0 Å². The molecule has 0 aliphatic heterocycles. The van der Waals surface area contributed by atoms with Crippen LogP contribution in [0.5, 0.6) is 0 Å². The molecule has 0 radical (unpaired) electrons. The SMILES string of the molecule is O=C(NC(C(F)(F)F)(C(F)(F)F)P(=O)(c1ccccc1)c1ccccc1)C(F)(F)F. The lowest BCUT2D eigenvalue weighted by molar-refractivity contribution is -0.278. The Balaban J connectivity index is 3.04. The van der Waals surface area contributed by atoms with Crippen LogP contribution in [0.25, 0.3) is 0 Å². The number of halogens is 9. The van der Waals surface area contributed by atoms with Crippen LogP contribution in [-0.2, 0) is 9.36 Å². The first kappa shape index (κ1) is 23.8. The van der Waals surface area contributed by atoms with Gasteiger partial charge >= 0.3 is 24.4 Å². The predicted octanol–water partition coefficient (Wildman–Crippen LogP) is 4.50. The first-order valence-electron chi connectivity index (χ1n) is 7.83. The second-order valence-corrected chi connectivity index (χ2v) is 8.86. The highest BCUT2D eigenvalue weighted by atomic mass is 31.2. The van der Waals surface area contributed by atoms with Gasteiger partial charge < -0.3 is 9.88 Å². The molecule has 0 fully saturated rings. The third-order valence-corrected chi connectivity index (χ3v) is 7.70. The molecule has 2 rings (SSSR count). The molecule has 0 aromatic heterocycles. The molecule has 0 heterocycles. The van der Waals surface area contributed by atoms with Crippen molar-refractivity contribution < 1.29 is 48.9 Å². The highest BCUT2D eigenvalue weighted by Crippen LogP contribution is 2.67. The van der Waals surface area contributed by atoms with Crippen molar-refractivity contribution in [2.45, 2.75) is 23.8 Å². The Hall–Kier alpha value is -2.49. The van der Waals surface area contributed by atoms with E-state index in [0.717, 1.165) is 24.3 Å². The smallest absolute Gasteiger partial charge is 0.320 e. The Kier molecular flexibility index (Phi) is 6.06. The Bertz CT molecular complexity index is 880. The lowest BCUT2D eigenvalue weighted by Crippen LogP contribution is -2.70. The van der Waals surface area contributed by atoms with Crippen LogP contribution < -0.4 is 15.9 Å². The number of hydrogen-bond donors (Lipinski definition) is 1. The number of amides is 1. The molecule has 2 aromatic carbocycles. The quantitative estimate of drug-likeness (QED) is 0.537. The standard InChI is InChI=1S/C17H11F9NO2P/c18-14(19,20)13(28)27-15(16(21,22)23,17(24,25)26)30(29,11-7-3-1-4-8-11)12-9-5-2-6-10-12/h1-10H,(H,27,28). The van der Waals surface area contributed by atoms with E-state index in [1.54, 1.807) is 0 Å². The molecule has 0 saturated heterocycles. The summed E-state index contributed by atoms with van der Waals surface area (Å²) in [4.78, 5) is 11.3. The number of hydrogen-bond acceptors (Lipinski definition) is 2. The van der Waals surface area contributed by atoms with Gasteiger partial charge in [-0.15, -0.1) is 0 Å². The monoisotopic (exact) mass is 463 g/mol.